The van der Waals surface area contributed by atoms with Crippen LogP contribution in [0.2, 0.25) is 0 Å². The second kappa shape index (κ2) is 19.8. The molecule has 0 radical (unpaired) electrons. The van der Waals surface area contributed by atoms with Crippen LogP contribution in [0.5, 0.6) is 0 Å². The largest absolute Gasteiger partial charge is 3.00 e. The minimum absolute atomic E-state index is 0. The molecule has 7 heteroatoms. The van der Waals surface area contributed by atoms with Gasteiger partial charge < -0.3 is 13.7 Å². The minimum atomic E-state index is 0. The zero-order chi connectivity index (χ0) is 42.3. The molecule has 3 aromatic heterocycles. The summed E-state index contributed by atoms with van der Waals surface area (Å²) in [6, 6.07) is 47.4. The molecule has 0 saturated heterocycles. The summed E-state index contributed by atoms with van der Waals surface area (Å²) in [6.45, 7) is 19.0. The van der Waals surface area contributed by atoms with Gasteiger partial charge in [0.25, 0.3) is 0 Å². The second-order valence-electron chi connectivity index (χ2n) is 15.4. The maximum atomic E-state index is 4.51. The molecule has 6 aromatic carbocycles. The number of rotatable bonds is 6. The molecule has 61 heavy (non-hydrogen) atoms. The smallest absolute Gasteiger partial charge is 0.340 e. The molecule has 0 fully saturated rings. The molecule has 306 valence electrons. The van der Waals surface area contributed by atoms with Crippen molar-refractivity contribution in [3.63, 3.8) is 0 Å². The third-order valence-electron chi connectivity index (χ3n) is 10.6. The summed E-state index contributed by atoms with van der Waals surface area (Å²) in [5.74, 6) is 2.80. The summed E-state index contributed by atoms with van der Waals surface area (Å²) < 4.78 is 6.43. The molecule has 0 aliphatic heterocycles. The number of imidazole rings is 3. The van der Waals surface area contributed by atoms with E-state index in [4.69, 9.17) is 0 Å². The summed E-state index contributed by atoms with van der Waals surface area (Å²) in [6.07, 6.45) is 11.6. The SMILES string of the molecule is Cc1c[c-]c(-c2nccn2-c2c(C)cccc2C)cc1.Cc1c[c-]c(-c2nccn2-c2c(C)cccc2C)cc1.Cc1c[c-]c(-c2nccn2-c2c(C)cccc2C)cc1.[Ir+3]. The summed E-state index contributed by atoms with van der Waals surface area (Å²) in [5, 5.41) is 0. The summed E-state index contributed by atoms with van der Waals surface area (Å²) >= 11 is 0. The van der Waals surface area contributed by atoms with Crippen molar-refractivity contribution in [3.8, 4) is 51.2 Å². The van der Waals surface area contributed by atoms with E-state index in [0.29, 0.717) is 0 Å². The van der Waals surface area contributed by atoms with Crippen molar-refractivity contribution < 1.29 is 20.1 Å². The van der Waals surface area contributed by atoms with Gasteiger partial charge in [-0.3, -0.25) is 15.0 Å². The van der Waals surface area contributed by atoms with Gasteiger partial charge in [-0.2, -0.15) is 0 Å². The van der Waals surface area contributed by atoms with Gasteiger partial charge in [0.2, 0.25) is 0 Å². The number of para-hydroxylation sites is 3. The van der Waals surface area contributed by atoms with Gasteiger partial charge in [0.05, 0.1) is 17.5 Å². The third-order valence-corrected chi connectivity index (χ3v) is 10.6. The van der Waals surface area contributed by atoms with Gasteiger partial charge in [-0.1, -0.05) is 75.4 Å². The molecule has 0 atom stereocenters. The predicted octanol–water partition coefficient (Wildman–Crippen LogP) is 12.8. The Hall–Kier alpha value is -6.40. The van der Waals surface area contributed by atoms with E-state index in [1.165, 1.54) is 67.1 Å². The number of nitrogens with zero attached hydrogens (tertiary/aromatic N) is 6. The van der Waals surface area contributed by atoms with Gasteiger partial charge in [-0.25, -0.2) is 0 Å². The van der Waals surface area contributed by atoms with Gasteiger partial charge in [0, 0.05) is 54.2 Å². The van der Waals surface area contributed by atoms with E-state index < -0.39 is 0 Å². The Balaban J connectivity index is 0.000000152. The Kier molecular flexibility index (Phi) is 14.3. The second-order valence-corrected chi connectivity index (χ2v) is 15.4. The average molecular weight is 976 g/mol. The molecule has 0 bridgehead atoms. The zero-order valence-electron chi connectivity index (χ0n) is 36.4. The monoisotopic (exact) mass is 976 g/mol. The fourth-order valence-electron chi connectivity index (χ4n) is 7.53. The zero-order valence-corrected chi connectivity index (χ0v) is 38.8. The van der Waals surface area contributed by atoms with E-state index >= 15 is 0 Å². The minimum Gasteiger partial charge on any atom is -0.340 e. The Morgan fingerprint density at radius 1 is 0.344 bits per heavy atom. The van der Waals surface area contributed by atoms with Crippen LogP contribution in [0.25, 0.3) is 51.2 Å². The van der Waals surface area contributed by atoms with Gasteiger partial charge in [-0.05, 0) is 74.9 Å². The standard InChI is InChI=1S/3C18H17N2.Ir/c3*1-13-7-9-16(10-8-13)18-19-11-12-20(18)17-14(2)5-4-6-15(17)3;/h3*4-9,11-12H,1-3H3;/q3*-1;+3. The molecule has 0 amide bonds. The van der Waals surface area contributed by atoms with E-state index in [0.717, 1.165) is 34.2 Å². The van der Waals surface area contributed by atoms with Crippen LogP contribution in [-0.2, 0) is 20.1 Å². The number of aromatic nitrogens is 6. The van der Waals surface area contributed by atoms with Crippen molar-refractivity contribution in [3.05, 3.63) is 215 Å². The van der Waals surface area contributed by atoms with E-state index in [-0.39, 0.29) is 20.1 Å². The molecule has 9 rings (SSSR count). The van der Waals surface area contributed by atoms with E-state index in [1.807, 2.05) is 55.4 Å². The first kappa shape index (κ1) is 44.2. The molecule has 0 spiro atoms. The third kappa shape index (κ3) is 9.98. The number of benzene rings is 6. The van der Waals surface area contributed by atoms with E-state index in [1.54, 1.807) is 0 Å². The molecule has 9 aromatic rings. The molecular formula is C54H51IrN6. The summed E-state index contributed by atoms with van der Waals surface area (Å²) in [5.41, 5.74) is 17.8. The maximum absolute atomic E-state index is 4.51. The molecule has 0 unspecified atom stereocenters. The normalized spacial score (nSPS) is 10.6. The maximum Gasteiger partial charge on any atom is 3.00 e. The van der Waals surface area contributed by atoms with Gasteiger partial charge >= 0.3 is 20.1 Å². The van der Waals surface area contributed by atoms with Crippen LogP contribution < -0.4 is 0 Å². The molecule has 3 heterocycles. The van der Waals surface area contributed by atoms with Crippen LogP contribution in [0.15, 0.2) is 146 Å². The van der Waals surface area contributed by atoms with Gasteiger partial charge in [0.1, 0.15) is 0 Å². The predicted molar refractivity (Wildman–Crippen MR) is 246 cm³/mol. The van der Waals surface area contributed by atoms with Crippen molar-refractivity contribution in [1.29, 1.82) is 0 Å². The molecular weight excluding hydrogens is 925 g/mol. The Morgan fingerprint density at radius 3 is 0.803 bits per heavy atom. The number of hydrogen-bond acceptors (Lipinski definition) is 3. The first-order valence-corrected chi connectivity index (χ1v) is 20.3. The van der Waals surface area contributed by atoms with E-state index in [9.17, 15) is 0 Å². The first-order valence-electron chi connectivity index (χ1n) is 20.3. The van der Waals surface area contributed by atoms with Crippen molar-refractivity contribution in [2.45, 2.75) is 62.3 Å². The van der Waals surface area contributed by atoms with Crippen LogP contribution >= 0.6 is 0 Å². The molecule has 0 aliphatic rings. The molecule has 0 N–H and O–H groups in total. The summed E-state index contributed by atoms with van der Waals surface area (Å²) in [4.78, 5) is 13.5. The van der Waals surface area contributed by atoms with Crippen molar-refractivity contribution in [2.75, 3.05) is 0 Å². The van der Waals surface area contributed by atoms with Gasteiger partial charge in [0.15, 0.2) is 0 Å². The fraction of sp³-hybridized carbons (Fsp3) is 0.167. The first-order chi connectivity index (χ1) is 29.0. The van der Waals surface area contributed by atoms with Crippen molar-refractivity contribution in [1.82, 2.24) is 28.7 Å². The molecule has 0 saturated carbocycles. The quantitative estimate of drug-likeness (QED) is 0.156. The summed E-state index contributed by atoms with van der Waals surface area (Å²) in [7, 11) is 0. The Bertz CT molecular complexity index is 2470. The van der Waals surface area contributed by atoms with Crippen LogP contribution in [-0.4, -0.2) is 28.7 Å². The number of aryl methyl sites for hydroxylation is 9. The van der Waals surface area contributed by atoms with Crippen LogP contribution in [0, 0.1) is 80.5 Å². The molecule has 6 nitrogen and oxygen atoms in total. The Labute approximate surface area is 375 Å². The van der Waals surface area contributed by atoms with Crippen molar-refractivity contribution in [2.24, 2.45) is 0 Å². The molecule has 0 aliphatic carbocycles. The average Bonchev–Trinajstić information content (AvgIpc) is 4.02. The van der Waals surface area contributed by atoms with Crippen molar-refractivity contribution >= 4 is 0 Å². The van der Waals surface area contributed by atoms with E-state index in [2.05, 4.69) is 200 Å². The Morgan fingerprint density at radius 2 is 0.590 bits per heavy atom. The van der Waals surface area contributed by atoms with Crippen LogP contribution in [0.1, 0.15) is 50.1 Å². The van der Waals surface area contributed by atoms with Crippen LogP contribution in [0.4, 0.5) is 0 Å². The number of hydrogen-bond donors (Lipinski definition) is 0. The van der Waals surface area contributed by atoms with Gasteiger partial charge in [-0.15, -0.1) is 106 Å². The fourth-order valence-corrected chi connectivity index (χ4v) is 7.53. The topological polar surface area (TPSA) is 53.5 Å². The van der Waals surface area contributed by atoms with Crippen LogP contribution in [0.3, 0.4) is 0 Å².